The molecule has 2 heterocycles. The van der Waals surface area contributed by atoms with Crippen molar-refractivity contribution >= 4 is 17.2 Å². The number of hydrogen-bond acceptors (Lipinski definition) is 3. The van der Waals surface area contributed by atoms with E-state index < -0.39 is 0 Å². The fourth-order valence-electron chi connectivity index (χ4n) is 2.07. The fraction of sp³-hybridized carbons (Fsp3) is 0.615. The van der Waals surface area contributed by atoms with Crippen molar-refractivity contribution < 1.29 is 9.53 Å². The summed E-state index contributed by atoms with van der Waals surface area (Å²) in [6.07, 6.45) is 1.60. The van der Waals surface area contributed by atoms with Crippen LogP contribution in [-0.4, -0.2) is 18.6 Å². The summed E-state index contributed by atoms with van der Waals surface area (Å²) in [5.74, 6) is 0.425. The normalized spacial score (nSPS) is 21.7. The molecule has 0 aliphatic carbocycles. The number of nitrogens with one attached hydrogen (secondary N) is 1. The third-order valence-electron chi connectivity index (χ3n) is 3.04. The van der Waals surface area contributed by atoms with Crippen LogP contribution in [0.3, 0.4) is 0 Å². The highest BCUT2D eigenvalue weighted by Crippen LogP contribution is 2.26. The highest BCUT2D eigenvalue weighted by molar-refractivity contribution is 7.10. The summed E-state index contributed by atoms with van der Waals surface area (Å²) in [4.78, 5) is 13.2. The summed E-state index contributed by atoms with van der Waals surface area (Å²) in [5.41, 5.74) is 0. The molecular formula is C13H19NO2S. The molecular weight excluding hydrogens is 234 g/mol. The number of hydrogen-bond donors (Lipinski definition) is 1. The Bertz CT molecular complexity index is 356. The molecule has 0 radical (unpaired) electrons. The third kappa shape index (κ3) is 3.07. The maximum absolute atomic E-state index is 12.0. The lowest BCUT2D eigenvalue weighted by molar-refractivity contribution is -0.131. The molecule has 0 saturated carbocycles. The summed E-state index contributed by atoms with van der Waals surface area (Å²) < 4.78 is 5.40. The van der Waals surface area contributed by atoms with E-state index in [1.165, 1.54) is 4.88 Å². The number of carbonyl (C=O) groups is 1. The zero-order chi connectivity index (χ0) is 12.3. The van der Waals surface area contributed by atoms with E-state index in [1.54, 1.807) is 11.3 Å². The zero-order valence-corrected chi connectivity index (χ0v) is 11.1. The average molecular weight is 253 g/mol. The monoisotopic (exact) mass is 253 g/mol. The van der Waals surface area contributed by atoms with Crippen LogP contribution >= 0.6 is 11.3 Å². The fourth-order valence-corrected chi connectivity index (χ4v) is 3.01. The van der Waals surface area contributed by atoms with Crippen molar-refractivity contribution in [2.24, 2.45) is 5.92 Å². The van der Waals surface area contributed by atoms with Gasteiger partial charge in [0.05, 0.1) is 6.04 Å². The molecule has 0 bridgehead atoms. The van der Waals surface area contributed by atoms with Gasteiger partial charge in [0.1, 0.15) is 6.10 Å². The van der Waals surface area contributed by atoms with E-state index >= 15 is 0 Å². The van der Waals surface area contributed by atoms with Gasteiger partial charge < -0.3 is 10.1 Å². The van der Waals surface area contributed by atoms with E-state index in [0.29, 0.717) is 12.5 Å². The molecule has 2 atom stereocenters. The Morgan fingerprint density at radius 1 is 1.59 bits per heavy atom. The first-order chi connectivity index (χ1) is 8.18. The number of rotatable bonds is 4. The van der Waals surface area contributed by atoms with Gasteiger partial charge in [0.2, 0.25) is 5.91 Å². The van der Waals surface area contributed by atoms with Crippen LogP contribution in [0.15, 0.2) is 17.5 Å². The lowest BCUT2D eigenvalue weighted by Gasteiger charge is -2.22. The molecule has 1 aromatic heterocycles. The molecule has 2 rings (SSSR count). The van der Waals surface area contributed by atoms with Gasteiger partial charge in [-0.2, -0.15) is 0 Å². The minimum Gasteiger partial charge on any atom is -0.368 e. The topological polar surface area (TPSA) is 38.3 Å². The van der Waals surface area contributed by atoms with Crippen LogP contribution in [0, 0.1) is 5.92 Å². The molecule has 1 saturated heterocycles. The molecule has 1 aromatic rings. The van der Waals surface area contributed by atoms with E-state index in [2.05, 4.69) is 25.2 Å². The van der Waals surface area contributed by atoms with Gasteiger partial charge in [-0.3, -0.25) is 4.79 Å². The van der Waals surface area contributed by atoms with Crippen LogP contribution < -0.4 is 5.32 Å². The maximum Gasteiger partial charge on any atom is 0.249 e. The summed E-state index contributed by atoms with van der Waals surface area (Å²) in [6.45, 7) is 4.96. The van der Waals surface area contributed by atoms with Gasteiger partial charge in [-0.1, -0.05) is 19.9 Å². The van der Waals surface area contributed by atoms with Crippen molar-refractivity contribution in [2.75, 3.05) is 6.61 Å². The Labute approximate surface area is 106 Å². The van der Waals surface area contributed by atoms with Crippen LogP contribution in [0.25, 0.3) is 0 Å². The second-order valence-corrected chi connectivity index (χ2v) is 5.73. The Kier molecular flexibility index (Phi) is 4.18. The highest BCUT2D eigenvalue weighted by atomic mass is 32.1. The van der Waals surface area contributed by atoms with Crippen LogP contribution in [-0.2, 0) is 9.53 Å². The standard InChI is InChI=1S/C13H19NO2S/c1-9(2)12(11-6-4-8-17-11)14-13(15)10-5-3-7-16-10/h4,6,8-10,12H,3,5,7H2,1-2H3,(H,14,15)/t10-,12-/m0/s1. The average Bonchev–Trinajstić information content (AvgIpc) is 2.97. The maximum atomic E-state index is 12.0. The lowest BCUT2D eigenvalue weighted by Crippen LogP contribution is -2.38. The van der Waals surface area contributed by atoms with Crippen molar-refractivity contribution in [3.8, 4) is 0 Å². The first-order valence-corrected chi connectivity index (χ1v) is 7.02. The summed E-state index contributed by atoms with van der Waals surface area (Å²) >= 11 is 1.69. The van der Waals surface area contributed by atoms with Crippen molar-refractivity contribution in [3.63, 3.8) is 0 Å². The Morgan fingerprint density at radius 2 is 2.41 bits per heavy atom. The minimum atomic E-state index is -0.240. The number of thiophene rings is 1. The molecule has 0 unspecified atom stereocenters. The van der Waals surface area contributed by atoms with Gasteiger partial charge in [-0.05, 0) is 30.2 Å². The Hall–Kier alpha value is -0.870. The molecule has 3 nitrogen and oxygen atoms in total. The van der Waals surface area contributed by atoms with Gasteiger partial charge in [0.25, 0.3) is 0 Å². The summed E-state index contributed by atoms with van der Waals surface area (Å²) in [7, 11) is 0. The van der Waals surface area contributed by atoms with E-state index in [4.69, 9.17) is 4.74 Å². The van der Waals surface area contributed by atoms with Gasteiger partial charge in [-0.25, -0.2) is 0 Å². The van der Waals surface area contributed by atoms with E-state index in [0.717, 1.165) is 12.8 Å². The number of amides is 1. The first kappa shape index (κ1) is 12.6. The molecule has 94 valence electrons. The lowest BCUT2D eigenvalue weighted by atomic mass is 10.0. The number of ether oxygens (including phenoxy) is 1. The quantitative estimate of drug-likeness (QED) is 0.896. The second-order valence-electron chi connectivity index (χ2n) is 4.75. The molecule has 17 heavy (non-hydrogen) atoms. The van der Waals surface area contributed by atoms with Crippen LogP contribution in [0.4, 0.5) is 0 Å². The molecule has 4 heteroatoms. The Morgan fingerprint density at radius 3 is 2.94 bits per heavy atom. The second kappa shape index (κ2) is 5.65. The van der Waals surface area contributed by atoms with E-state index in [-0.39, 0.29) is 18.1 Å². The van der Waals surface area contributed by atoms with Gasteiger partial charge in [-0.15, -0.1) is 11.3 Å². The van der Waals surface area contributed by atoms with Crippen molar-refractivity contribution in [3.05, 3.63) is 22.4 Å². The first-order valence-electron chi connectivity index (χ1n) is 6.14. The molecule has 1 amide bonds. The molecule has 0 aromatic carbocycles. The number of carbonyl (C=O) groups excluding carboxylic acids is 1. The van der Waals surface area contributed by atoms with Gasteiger partial charge in [0.15, 0.2) is 0 Å². The highest BCUT2D eigenvalue weighted by Gasteiger charge is 2.27. The predicted octanol–water partition coefficient (Wildman–Crippen LogP) is 2.74. The molecule has 1 fully saturated rings. The van der Waals surface area contributed by atoms with E-state index in [1.807, 2.05) is 11.4 Å². The predicted molar refractivity (Wildman–Crippen MR) is 69.0 cm³/mol. The van der Waals surface area contributed by atoms with Crippen molar-refractivity contribution in [1.29, 1.82) is 0 Å². The zero-order valence-electron chi connectivity index (χ0n) is 10.3. The summed E-state index contributed by atoms with van der Waals surface area (Å²) in [6, 6.07) is 4.20. The third-order valence-corrected chi connectivity index (χ3v) is 3.99. The molecule has 1 N–H and O–H groups in total. The van der Waals surface area contributed by atoms with Crippen molar-refractivity contribution in [2.45, 2.75) is 38.8 Å². The smallest absolute Gasteiger partial charge is 0.249 e. The summed E-state index contributed by atoms with van der Waals surface area (Å²) in [5, 5.41) is 5.15. The van der Waals surface area contributed by atoms with E-state index in [9.17, 15) is 4.79 Å². The van der Waals surface area contributed by atoms with Gasteiger partial charge >= 0.3 is 0 Å². The SMILES string of the molecule is CC(C)[C@H](NC(=O)[C@@H]1CCCO1)c1cccs1. The molecule has 1 aliphatic heterocycles. The van der Waals surface area contributed by atoms with Gasteiger partial charge in [0, 0.05) is 11.5 Å². The minimum absolute atomic E-state index is 0.0367. The van der Waals surface area contributed by atoms with Crippen LogP contribution in [0.1, 0.15) is 37.6 Å². The largest absolute Gasteiger partial charge is 0.368 e. The molecule has 0 spiro atoms. The molecule has 1 aliphatic rings. The van der Waals surface area contributed by atoms with Crippen LogP contribution in [0.5, 0.6) is 0 Å². The van der Waals surface area contributed by atoms with Crippen molar-refractivity contribution in [1.82, 2.24) is 5.32 Å². The van der Waals surface area contributed by atoms with Crippen LogP contribution in [0.2, 0.25) is 0 Å². The Balaban J connectivity index is 2.00.